The molecule has 110 valence electrons. The van der Waals surface area contributed by atoms with Gasteiger partial charge in [-0.05, 0) is 35.9 Å². The maximum atomic E-state index is 9.26. The number of halogens is 1. The van der Waals surface area contributed by atoms with Gasteiger partial charge in [0.05, 0.1) is 13.7 Å². The fourth-order valence-corrected chi connectivity index (χ4v) is 2.23. The van der Waals surface area contributed by atoms with E-state index in [0.29, 0.717) is 30.5 Å². The van der Waals surface area contributed by atoms with Gasteiger partial charge >= 0.3 is 7.48 Å². The van der Waals surface area contributed by atoms with Gasteiger partial charge in [-0.1, -0.05) is 22.8 Å². The maximum Gasteiger partial charge on any atom is 0.337 e. The van der Waals surface area contributed by atoms with Gasteiger partial charge in [-0.3, -0.25) is 0 Å². The van der Waals surface area contributed by atoms with Crippen molar-refractivity contribution in [2.45, 2.75) is 13.4 Å². The van der Waals surface area contributed by atoms with Gasteiger partial charge in [-0.15, -0.1) is 0 Å². The lowest BCUT2D eigenvalue weighted by molar-refractivity contribution is 0.280. The van der Waals surface area contributed by atoms with Crippen LogP contribution in [0.2, 0.25) is 6.82 Å². The molecule has 0 unspecified atom stereocenters. The lowest BCUT2D eigenvalue weighted by Gasteiger charge is -2.12. The van der Waals surface area contributed by atoms with E-state index in [-0.39, 0.29) is 6.61 Å². The molecular weight excluding hydrogens is 335 g/mol. The van der Waals surface area contributed by atoms with Gasteiger partial charge in [0.2, 0.25) is 0 Å². The quantitative estimate of drug-likeness (QED) is 0.810. The minimum Gasteiger partial charge on any atom is -0.562 e. The van der Waals surface area contributed by atoms with Crippen molar-refractivity contribution in [2.24, 2.45) is 0 Å². The summed E-state index contributed by atoms with van der Waals surface area (Å²) in [6.45, 7) is 1.87. The summed E-state index contributed by atoms with van der Waals surface area (Å²) in [6, 6.07) is 10.8. The van der Waals surface area contributed by atoms with Gasteiger partial charge in [0.15, 0.2) is 5.75 Å². The lowest BCUT2D eigenvalue weighted by Crippen LogP contribution is -1.98. The summed E-state index contributed by atoms with van der Waals surface area (Å²) in [5.74, 6) is 2.59. The Bertz CT molecular complexity index is 619. The van der Waals surface area contributed by atoms with Crippen LogP contribution < -0.4 is 14.1 Å². The Morgan fingerprint density at radius 2 is 1.81 bits per heavy atom. The van der Waals surface area contributed by atoms with Crippen LogP contribution >= 0.6 is 15.9 Å². The van der Waals surface area contributed by atoms with Gasteiger partial charge in [-0.2, -0.15) is 0 Å². The van der Waals surface area contributed by atoms with Crippen LogP contribution in [0, 0.1) is 0 Å². The molecule has 0 aliphatic heterocycles. The molecule has 0 radical (unpaired) electrons. The second-order valence-corrected chi connectivity index (χ2v) is 5.11. The zero-order valence-electron chi connectivity index (χ0n) is 11.9. The molecule has 0 aromatic heterocycles. The van der Waals surface area contributed by atoms with E-state index in [9.17, 15) is 5.11 Å². The lowest BCUT2D eigenvalue weighted by atomic mass is 10.1. The summed E-state index contributed by atoms with van der Waals surface area (Å²) in [6.07, 6.45) is 0. The largest absolute Gasteiger partial charge is 0.562 e. The summed E-state index contributed by atoms with van der Waals surface area (Å²) >= 11 is 3.37. The van der Waals surface area contributed by atoms with Crippen molar-refractivity contribution < 1.29 is 19.2 Å². The van der Waals surface area contributed by atoms with E-state index in [0.717, 1.165) is 10.0 Å². The summed E-state index contributed by atoms with van der Waals surface area (Å²) in [5, 5.41) is 9.26. The standard InChI is InChI=1S/C15H16BBrO4/c1-16-21-14-6-4-12(8-15(14)19-2)20-11-3-5-13(17)10(7-11)9-18/h3-8,16,18H,9H2,1-2H3. The molecule has 0 atom stereocenters. The van der Waals surface area contributed by atoms with Gasteiger partial charge < -0.3 is 19.2 Å². The first-order chi connectivity index (χ1) is 10.2. The molecule has 0 fully saturated rings. The predicted molar refractivity (Wildman–Crippen MR) is 86.8 cm³/mol. The highest BCUT2D eigenvalue weighted by Crippen LogP contribution is 2.34. The number of aliphatic hydroxyl groups is 1. The molecule has 0 heterocycles. The Morgan fingerprint density at radius 1 is 1.10 bits per heavy atom. The van der Waals surface area contributed by atoms with Gasteiger partial charge in [0, 0.05) is 10.5 Å². The SMILES string of the molecule is CBOc1ccc(Oc2ccc(Br)c(CO)c2)cc1OC. The van der Waals surface area contributed by atoms with Gasteiger partial charge in [0.25, 0.3) is 0 Å². The van der Waals surface area contributed by atoms with Crippen molar-refractivity contribution in [3.05, 3.63) is 46.4 Å². The molecule has 0 amide bonds. The van der Waals surface area contributed by atoms with Crippen LogP contribution in [0.3, 0.4) is 0 Å². The zero-order chi connectivity index (χ0) is 15.2. The van der Waals surface area contributed by atoms with E-state index < -0.39 is 0 Å². The smallest absolute Gasteiger partial charge is 0.337 e. The highest BCUT2D eigenvalue weighted by Gasteiger charge is 2.08. The molecule has 0 spiro atoms. The summed E-state index contributed by atoms with van der Waals surface area (Å²) in [4.78, 5) is 0. The van der Waals surface area contributed by atoms with Crippen LogP contribution in [0.25, 0.3) is 0 Å². The summed E-state index contributed by atoms with van der Waals surface area (Å²) < 4.78 is 17.4. The topological polar surface area (TPSA) is 47.9 Å². The second kappa shape index (κ2) is 7.38. The Labute approximate surface area is 133 Å². The maximum absolute atomic E-state index is 9.26. The molecule has 0 saturated heterocycles. The highest BCUT2D eigenvalue weighted by atomic mass is 79.9. The average molecular weight is 351 g/mol. The average Bonchev–Trinajstić information content (AvgIpc) is 2.51. The van der Waals surface area contributed by atoms with E-state index in [4.69, 9.17) is 14.1 Å². The van der Waals surface area contributed by atoms with Crippen molar-refractivity contribution >= 4 is 23.4 Å². The number of methoxy groups -OCH3 is 1. The van der Waals surface area contributed by atoms with Crippen LogP contribution in [0.4, 0.5) is 0 Å². The number of hydrogen-bond acceptors (Lipinski definition) is 4. The molecular formula is C15H16BBrO4. The van der Waals surface area contributed by atoms with Gasteiger partial charge in [-0.25, -0.2) is 0 Å². The third kappa shape index (κ3) is 3.92. The first-order valence-electron chi connectivity index (χ1n) is 6.56. The molecule has 0 bridgehead atoms. The zero-order valence-corrected chi connectivity index (χ0v) is 13.5. The molecule has 1 N–H and O–H groups in total. The van der Waals surface area contributed by atoms with Crippen molar-refractivity contribution in [3.63, 3.8) is 0 Å². The fraction of sp³-hybridized carbons (Fsp3) is 0.200. The van der Waals surface area contributed by atoms with Crippen LogP contribution in [-0.4, -0.2) is 19.7 Å². The number of aliphatic hydroxyl groups excluding tert-OH is 1. The van der Waals surface area contributed by atoms with Crippen molar-refractivity contribution in [1.82, 2.24) is 0 Å². The molecule has 2 aromatic rings. The minimum atomic E-state index is -0.0512. The van der Waals surface area contributed by atoms with Crippen LogP contribution in [0.1, 0.15) is 5.56 Å². The predicted octanol–water partition coefficient (Wildman–Crippen LogP) is 3.52. The first-order valence-corrected chi connectivity index (χ1v) is 7.35. The number of ether oxygens (including phenoxy) is 2. The number of hydrogen-bond donors (Lipinski definition) is 1. The molecule has 0 aliphatic rings. The molecule has 21 heavy (non-hydrogen) atoms. The van der Waals surface area contributed by atoms with E-state index in [1.54, 1.807) is 19.2 Å². The van der Waals surface area contributed by atoms with Crippen LogP contribution in [-0.2, 0) is 6.61 Å². The van der Waals surface area contributed by atoms with Crippen LogP contribution in [0.15, 0.2) is 40.9 Å². The van der Waals surface area contributed by atoms with Gasteiger partial charge in [0.1, 0.15) is 17.2 Å². The Balaban J connectivity index is 2.23. The molecule has 0 aliphatic carbocycles. The Kier molecular flexibility index (Phi) is 5.53. The number of benzene rings is 2. The third-order valence-electron chi connectivity index (χ3n) is 2.86. The molecule has 6 heteroatoms. The Morgan fingerprint density at radius 3 is 2.48 bits per heavy atom. The molecule has 0 saturated carbocycles. The molecule has 4 nitrogen and oxygen atoms in total. The first kappa shape index (κ1) is 15.7. The summed E-state index contributed by atoms with van der Waals surface area (Å²) in [7, 11) is 2.16. The molecule has 2 rings (SSSR count). The normalized spacial score (nSPS) is 10.1. The van der Waals surface area contributed by atoms with E-state index in [1.807, 2.05) is 31.1 Å². The van der Waals surface area contributed by atoms with E-state index >= 15 is 0 Å². The number of rotatable bonds is 6. The van der Waals surface area contributed by atoms with Crippen molar-refractivity contribution in [2.75, 3.05) is 7.11 Å². The Hall–Kier alpha value is -1.66. The molecule has 2 aromatic carbocycles. The third-order valence-corrected chi connectivity index (χ3v) is 3.63. The van der Waals surface area contributed by atoms with Crippen molar-refractivity contribution in [3.8, 4) is 23.0 Å². The summed E-state index contributed by atoms with van der Waals surface area (Å²) in [5.41, 5.74) is 0.769. The van der Waals surface area contributed by atoms with E-state index in [1.165, 1.54) is 0 Å². The monoisotopic (exact) mass is 350 g/mol. The minimum absolute atomic E-state index is 0.0512. The highest BCUT2D eigenvalue weighted by molar-refractivity contribution is 9.10. The fourth-order valence-electron chi connectivity index (χ4n) is 1.86. The van der Waals surface area contributed by atoms with Crippen LogP contribution in [0.5, 0.6) is 23.0 Å². The van der Waals surface area contributed by atoms with E-state index in [2.05, 4.69) is 15.9 Å². The van der Waals surface area contributed by atoms with Crippen molar-refractivity contribution in [1.29, 1.82) is 0 Å². The second-order valence-electron chi connectivity index (χ2n) is 4.26.